The van der Waals surface area contributed by atoms with E-state index in [0.29, 0.717) is 5.56 Å². The second-order valence-corrected chi connectivity index (χ2v) is 11.8. The first-order chi connectivity index (χ1) is 20.2. The maximum Gasteiger partial charge on any atom is 0.123 e. The van der Waals surface area contributed by atoms with Crippen molar-refractivity contribution in [3.05, 3.63) is 125 Å². The molecule has 2 aromatic heterocycles. The van der Waals surface area contributed by atoms with Gasteiger partial charge in [-0.2, -0.15) is 0 Å². The highest BCUT2D eigenvalue weighted by molar-refractivity contribution is 7.26. The highest BCUT2D eigenvalue weighted by Crippen LogP contribution is 2.43. The molecule has 2 heterocycles. The van der Waals surface area contributed by atoms with E-state index >= 15 is 0 Å². The summed E-state index contributed by atoms with van der Waals surface area (Å²) in [4.78, 5) is 4.70. The molecule has 0 aliphatic rings. The molecule has 0 aliphatic heterocycles. The summed E-state index contributed by atoms with van der Waals surface area (Å²) < 4.78 is 43.1. The number of pyridine rings is 1. The predicted octanol–water partition coefficient (Wildman–Crippen LogP) is 11.3. The van der Waals surface area contributed by atoms with Crippen LogP contribution in [0.4, 0.5) is 4.39 Å². The van der Waals surface area contributed by atoms with Crippen molar-refractivity contribution in [3.8, 4) is 22.4 Å². The molecule has 0 saturated heterocycles. The topological polar surface area (TPSA) is 12.9 Å². The minimum absolute atomic E-state index is 0.355. The number of thiophene rings is 1. The van der Waals surface area contributed by atoms with Crippen LogP contribution in [0.15, 0.2) is 97.2 Å². The number of rotatable bonds is 6. The van der Waals surface area contributed by atoms with Gasteiger partial charge in [0.15, 0.2) is 0 Å². The van der Waals surface area contributed by atoms with Crippen LogP contribution in [-0.4, -0.2) is 4.98 Å². The van der Waals surface area contributed by atoms with Gasteiger partial charge in [0.25, 0.3) is 0 Å². The fraction of sp³-hybridized carbons (Fsp3) is 0.216. The maximum absolute atomic E-state index is 14.0. The highest BCUT2D eigenvalue weighted by atomic mass is 32.1. The van der Waals surface area contributed by atoms with Gasteiger partial charge in [0.05, 0.1) is 5.69 Å². The number of benzene rings is 4. The summed E-state index contributed by atoms with van der Waals surface area (Å²) in [5.41, 5.74) is 6.86. The smallest absolute Gasteiger partial charge is 0.123 e. The number of hydrogen-bond acceptors (Lipinski definition) is 2. The molecule has 0 amide bonds. The Morgan fingerprint density at radius 3 is 2.15 bits per heavy atom. The molecule has 200 valence electrons. The van der Waals surface area contributed by atoms with Gasteiger partial charge < -0.3 is 0 Å². The Bertz CT molecular complexity index is 1960. The first-order valence-corrected chi connectivity index (χ1v) is 14.4. The molecule has 4 aromatic carbocycles. The van der Waals surface area contributed by atoms with Crippen LogP contribution in [0.2, 0.25) is 0 Å². The van der Waals surface area contributed by atoms with Crippen LogP contribution in [0.25, 0.3) is 42.6 Å². The van der Waals surface area contributed by atoms with Crippen molar-refractivity contribution in [1.82, 2.24) is 4.98 Å². The average molecular weight is 547 g/mol. The predicted molar refractivity (Wildman–Crippen MR) is 170 cm³/mol. The summed E-state index contributed by atoms with van der Waals surface area (Å²) in [6, 6.07) is 28.7. The van der Waals surface area contributed by atoms with Crippen molar-refractivity contribution in [3.63, 3.8) is 0 Å². The molecule has 0 aliphatic carbocycles. The fourth-order valence-electron chi connectivity index (χ4n) is 5.55. The van der Waals surface area contributed by atoms with Gasteiger partial charge in [-0.05, 0) is 75.5 Å². The van der Waals surface area contributed by atoms with Crippen LogP contribution >= 0.6 is 11.3 Å². The number of fused-ring (bicyclic) bond motifs is 3. The minimum Gasteiger partial charge on any atom is -0.256 e. The van der Waals surface area contributed by atoms with E-state index in [1.54, 1.807) is 36.6 Å². The lowest BCUT2D eigenvalue weighted by Crippen LogP contribution is -1.99. The van der Waals surface area contributed by atoms with Gasteiger partial charge in [0.1, 0.15) is 5.82 Å². The van der Waals surface area contributed by atoms with Gasteiger partial charge in [-0.15, -0.1) is 11.3 Å². The molecule has 3 heteroatoms. The third kappa shape index (κ3) is 4.73. The largest absolute Gasteiger partial charge is 0.256 e. The molecular formula is C37H34FNS. The zero-order valence-electron chi connectivity index (χ0n) is 26.5. The van der Waals surface area contributed by atoms with Crippen LogP contribution in [0.3, 0.4) is 0 Å². The Morgan fingerprint density at radius 2 is 1.43 bits per heavy atom. The van der Waals surface area contributed by atoms with E-state index in [-0.39, 0.29) is 5.82 Å². The third-order valence-electron chi connectivity index (χ3n) is 7.66. The zero-order chi connectivity index (χ0) is 30.7. The summed E-state index contributed by atoms with van der Waals surface area (Å²) >= 11 is 1.70. The van der Waals surface area contributed by atoms with E-state index < -0.39 is 17.7 Å². The first kappa shape index (κ1) is 22.9. The summed E-state index contributed by atoms with van der Waals surface area (Å²) in [5.74, 6) is -3.15. The van der Waals surface area contributed by atoms with Crippen LogP contribution in [-0.2, 0) is 0 Å². The second kappa shape index (κ2) is 10.6. The number of hydrogen-bond donors (Lipinski definition) is 0. The highest BCUT2D eigenvalue weighted by Gasteiger charge is 2.18. The van der Waals surface area contributed by atoms with Gasteiger partial charge in [-0.3, -0.25) is 4.98 Å². The van der Waals surface area contributed by atoms with Crippen molar-refractivity contribution in [1.29, 1.82) is 0 Å². The Balaban J connectivity index is 1.51. The molecular weight excluding hydrogens is 509 g/mol. The number of nitrogens with zero attached hydrogens (tertiary/aromatic N) is 1. The summed E-state index contributed by atoms with van der Waals surface area (Å²) in [5, 5.41) is 2.27. The molecule has 0 saturated carbocycles. The zero-order valence-corrected chi connectivity index (χ0v) is 24.3. The molecule has 0 N–H and O–H groups in total. The van der Waals surface area contributed by atoms with Gasteiger partial charge in [0.2, 0.25) is 0 Å². The van der Waals surface area contributed by atoms with Gasteiger partial charge >= 0.3 is 0 Å². The Hall–Kier alpha value is -3.82. The third-order valence-corrected chi connectivity index (χ3v) is 8.86. The van der Waals surface area contributed by atoms with Crippen molar-refractivity contribution in [2.75, 3.05) is 0 Å². The summed E-state index contributed by atoms with van der Waals surface area (Å²) in [6.45, 7) is 9.37. The van der Waals surface area contributed by atoms with E-state index in [0.717, 1.165) is 59.2 Å². The van der Waals surface area contributed by atoms with Crippen molar-refractivity contribution in [2.24, 2.45) is 0 Å². The molecule has 6 aromatic rings. The van der Waals surface area contributed by atoms with Crippen molar-refractivity contribution < 1.29 is 8.50 Å². The molecule has 40 heavy (non-hydrogen) atoms. The van der Waals surface area contributed by atoms with E-state index in [1.165, 1.54) is 12.1 Å². The van der Waals surface area contributed by atoms with E-state index in [4.69, 9.17) is 9.10 Å². The molecule has 0 spiro atoms. The quantitative estimate of drug-likeness (QED) is 0.202. The average Bonchev–Trinajstić information content (AvgIpc) is 3.34. The van der Waals surface area contributed by atoms with Gasteiger partial charge in [0, 0.05) is 41.9 Å². The standard InChI is InChI=1S/C37H34FNS/c1-22(2)29-11-7-12-30(23(3)4)36(29)27-15-16-31-32-13-8-14-33(37(32)40-35(31)21-27)34-20-26(17-18-39-34)24(5)25-9-6-10-28(38)19-25/h6-24H,1-5H3/i22D,23D,24D. The normalized spacial score (nSPS) is 15.0. The molecule has 0 bridgehead atoms. The minimum atomic E-state index is -1.15. The lowest BCUT2D eigenvalue weighted by Gasteiger charge is -2.20. The SMILES string of the molecule is [2H]C(C)(C)c1cccc(C([2H])(C)C)c1-c1ccc2c(c1)sc1c(-c3cc(C([2H])(C)c4cccc(F)c4)ccn3)cccc12. The first-order valence-electron chi connectivity index (χ1n) is 15.1. The number of halogens is 1. The Kier molecular flexibility index (Phi) is 6.10. The molecule has 0 radical (unpaired) electrons. The lowest BCUT2D eigenvalue weighted by molar-refractivity contribution is 0.624. The van der Waals surface area contributed by atoms with E-state index in [1.807, 2.05) is 64.1 Å². The van der Waals surface area contributed by atoms with Crippen LogP contribution < -0.4 is 0 Å². The van der Waals surface area contributed by atoms with Crippen LogP contribution in [0.1, 0.15) is 78.7 Å². The Labute approximate surface area is 244 Å². The second-order valence-electron chi connectivity index (χ2n) is 10.8. The molecule has 0 fully saturated rings. The number of aromatic nitrogens is 1. The summed E-state index contributed by atoms with van der Waals surface area (Å²) in [6.07, 6.45) is 1.73. The molecule has 6 rings (SSSR count). The van der Waals surface area contributed by atoms with Gasteiger partial charge in [-0.1, -0.05) is 95.3 Å². The monoisotopic (exact) mass is 546 g/mol. The van der Waals surface area contributed by atoms with E-state index in [2.05, 4.69) is 30.3 Å². The lowest BCUT2D eigenvalue weighted by atomic mass is 9.85. The summed E-state index contributed by atoms with van der Waals surface area (Å²) in [7, 11) is 0. The van der Waals surface area contributed by atoms with Crippen LogP contribution in [0, 0.1) is 5.82 Å². The van der Waals surface area contributed by atoms with Gasteiger partial charge in [-0.25, -0.2) is 4.39 Å². The Morgan fingerprint density at radius 1 is 0.725 bits per heavy atom. The molecule has 1 atom stereocenters. The van der Waals surface area contributed by atoms with Crippen LogP contribution in [0.5, 0.6) is 0 Å². The maximum atomic E-state index is 14.0. The van der Waals surface area contributed by atoms with Crippen molar-refractivity contribution >= 4 is 31.5 Å². The van der Waals surface area contributed by atoms with Crippen molar-refractivity contribution in [2.45, 2.75) is 52.3 Å². The molecule has 1 unspecified atom stereocenters. The van der Waals surface area contributed by atoms with E-state index in [9.17, 15) is 4.39 Å². The molecule has 1 nitrogen and oxygen atoms in total. The fourth-order valence-corrected chi connectivity index (χ4v) is 6.82.